The highest BCUT2D eigenvalue weighted by atomic mass is 32.1. The highest BCUT2D eigenvalue weighted by molar-refractivity contribution is 7.09. The number of hydrogen-bond donors (Lipinski definition) is 6. The van der Waals surface area contributed by atoms with E-state index in [0.717, 1.165) is 27.1 Å². The van der Waals surface area contributed by atoms with E-state index < -0.39 is 53.7 Å². The number of nitrogens with one attached hydrogen (secondary N) is 6. The summed E-state index contributed by atoms with van der Waals surface area (Å²) in [6, 6.07) is 32.6. The minimum atomic E-state index is -1.18. The number of aromatic nitrogens is 4. The van der Waals surface area contributed by atoms with E-state index in [-0.39, 0.29) is 38.8 Å². The Hall–Kier alpha value is -7.20. The van der Waals surface area contributed by atoms with E-state index in [1.54, 1.807) is 24.3 Å². The van der Waals surface area contributed by atoms with Crippen molar-refractivity contribution in [3.05, 3.63) is 154 Å². The maximum atomic E-state index is 14.5. The normalized spacial score (nSPS) is 19.0. The lowest BCUT2D eigenvalue weighted by Crippen LogP contribution is -2.59. The van der Waals surface area contributed by atoms with Crippen LogP contribution < -0.4 is 31.3 Å². The van der Waals surface area contributed by atoms with Crippen LogP contribution in [0.2, 0.25) is 0 Å². The topological polar surface area (TPSA) is 209 Å². The zero-order valence-electron chi connectivity index (χ0n) is 32.4. The summed E-state index contributed by atoms with van der Waals surface area (Å²) in [6.45, 7) is -0.414. The molecule has 0 spiro atoms. The number of fused-ring (bicyclic) bond motifs is 16. The second-order valence-electron chi connectivity index (χ2n) is 14.2. The van der Waals surface area contributed by atoms with Gasteiger partial charge >= 0.3 is 0 Å². The Morgan fingerprint density at radius 2 is 1.28 bits per heavy atom. The molecule has 6 N–H and O–H groups in total. The molecule has 0 fully saturated rings. The van der Waals surface area contributed by atoms with Gasteiger partial charge in [-0.1, -0.05) is 103 Å². The third kappa shape index (κ3) is 11.5. The van der Waals surface area contributed by atoms with Gasteiger partial charge in [-0.05, 0) is 61.8 Å². The van der Waals surface area contributed by atoms with Crippen molar-refractivity contribution in [1.29, 1.82) is 0 Å². The summed E-state index contributed by atoms with van der Waals surface area (Å²) in [5.41, 5.74) is 4.17. The molecule has 0 radical (unpaired) electrons. The van der Waals surface area contributed by atoms with Crippen LogP contribution in [0.25, 0.3) is 11.1 Å². The Bertz CT molecular complexity index is 2350. The first-order valence-corrected chi connectivity index (χ1v) is 20.3. The quantitative estimate of drug-likeness (QED) is 0.112. The Morgan fingerprint density at radius 3 is 1.92 bits per heavy atom. The van der Waals surface area contributed by atoms with E-state index in [2.05, 4.69) is 47.2 Å². The Labute approximate surface area is 349 Å². The Balaban J connectivity index is 1.21. The number of benzene rings is 4. The van der Waals surface area contributed by atoms with Crippen molar-refractivity contribution in [1.82, 2.24) is 47.2 Å². The summed E-state index contributed by atoms with van der Waals surface area (Å²) < 4.78 is 5.78. The number of ether oxygens (including phenoxy) is 1. The molecule has 0 aliphatic carbocycles. The van der Waals surface area contributed by atoms with Crippen LogP contribution in [0, 0.1) is 0 Å². The SMILES string of the molecule is O=C1COc2ccc(cc2)C[C@@H](C(=O)NCc2nnn[nH]2)NC(=O)[C@H](Cc2ccccc2)NC(=O)[C@@H](Cc2ccc(-c3ccccc3)cc2)NC(=O)[C@H](Cc2cccs2)N1. The number of thiophene rings is 1. The number of hydrogen-bond acceptors (Lipinski definition) is 10. The van der Waals surface area contributed by atoms with Gasteiger partial charge in [-0.15, -0.1) is 16.4 Å². The largest absolute Gasteiger partial charge is 0.484 e. The third-order valence-corrected chi connectivity index (χ3v) is 10.8. The lowest BCUT2D eigenvalue weighted by Gasteiger charge is -2.27. The van der Waals surface area contributed by atoms with Gasteiger partial charge in [0.05, 0.1) is 6.54 Å². The molecular formula is C44H43N9O6S. The highest BCUT2D eigenvalue weighted by Crippen LogP contribution is 2.21. The summed E-state index contributed by atoms with van der Waals surface area (Å²) >= 11 is 1.43. The second kappa shape index (κ2) is 20.0. The molecule has 2 aliphatic heterocycles. The van der Waals surface area contributed by atoms with Crippen LogP contribution in [0.1, 0.15) is 27.4 Å². The van der Waals surface area contributed by atoms with Gasteiger partial charge in [-0.3, -0.25) is 24.0 Å². The summed E-state index contributed by atoms with van der Waals surface area (Å²) in [5.74, 6) is -2.22. The Kier molecular flexibility index (Phi) is 13.6. The third-order valence-electron chi connectivity index (χ3n) is 9.87. The molecule has 8 rings (SSSR count). The van der Waals surface area contributed by atoms with Crippen molar-refractivity contribution in [2.75, 3.05) is 6.61 Å². The van der Waals surface area contributed by atoms with Crippen molar-refractivity contribution < 1.29 is 28.7 Å². The molecule has 2 aliphatic rings. The summed E-state index contributed by atoms with van der Waals surface area (Å²) in [7, 11) is 0. The molecule has 16 heteroatoms. The average molecular weight is 826 g/mol. The van der Waals surface area contributed by atoms with Gasteiger partial charge in [0.15, 0.2) is 12.4 Å². The maximum absolute atomic E-state index is 14.5. The van der Waals surface area contributed by atoms with Gasteiger partial charge in [0, 0.05) is 30.6 Å². The molecule has 2 aromatic heterocycles. The predicted molar refractivity (Wildman–Crippen MR) is 223 cm³/mol. The average Bonchev–Trinajstić information content (AvgIpc) is 4.00. The first-order chi connectivity index (χ1) is 29.3. The molecule has 0 unspecified atom stereocenters. The molecule has 4 aromatic carbocycles. The monoisotopic (exact) mass is 825 g/mol. The van der Waals surface area contributed by atoms with Crippen molar-refractivity contribution in [2.24, 2.45) is 0 Å². The maximum Gasteiger partial charge on any atom is 0.258 e. The fourth-order valence-electron chi connectivity index (χ4n) is 6.72. The van der Waals surface area contributed by atoms with Gasteiger partial charge in [-0.25, -0.2) is 5.10 Å². The Morgan fingerprint density at radius 1 is 0.667 bits per heavy atom. The van der Waals surface area contributed by atoms with Crippen LogP contribution in [0.4, 0.5) is 0 Å². The van der Waals surface area contributed by atoms with Crippen LogP contribution in [0.3, 0.4) is 0 Å². The fraction of sp³-hybridized carbons (Fsp3) is 0.227. The first-order valence-electron chi connectivity index (χ1n) is 19.4. The van der Waals surface area contributed by atoms with Crippen molar-refractivity contribution >= 4 is 40.9 Å². The molecule has 2 bridgehead atoms. The molecule has 60 heavy (non-hydrogen) atoms. The van der Waals surface area contributed by atoms with E-state index in [1.807, 2.05) is 102 Å². The number of aromatic amines is 1. The van der Waals surface area contributed by atoms with E-state index in [1.165, 1.54) is 11.3 Å². The second-order valence-corrected chi connectivity index (χ2v) is 15.3. The van der Waals surface area contributed by atoms with Crippen LogP contribution in [-0.4, -0.2) is 80.9 Å². The lowest BCUT2D eigenvalue weighted by molar-refractivity contribution is -0.134. The summed E-state index contributed by atoms with van der Waals surface area (Å²) in [6.07, 6.45) is 0.372. The summed E-state index contributed by atoms with van der Waals surface area (Å²) in [5, 5.41) is 29.6. The van der Waals surface area contributed by atoms with E-state index in [4.69, 9.17) is 4.74 Å². The number of amides is 5. The molecule has 15 nitrogen and oxygen atoms in total. The van der Waals surface area contributed by atoms with Gasteiger partial charge < -0.3 is 31.3 Å². The molecule has 0 saturated carbocycles. The van der Waals surface area contributed by atoms with E-state index >= 15 is 0 Å². The van der Waals surface area contributed by atoms with Crippen LogP contribution in [-0.2, 0) is 56.2 Å². The zero-order chi connectivity index (χ0) is 41.7. The van der Waals surface area contributed by atoms with Crippen molar-refractivity contribution in [3.63, 3.8) is 0 Å². The first kappa shape index (κ1) is 41.0. The van der Waals surface area contributed by atoms with Gasteiger partial charge in [0.1, 0.15) is 29.9 Å². The standard InChI is InChI=1S/C44H43N9O6S/c54-40-27-59-33-19-15-30(16-20-33)23-35(41(55)45-26-39-50-52-53-51-39)47-42(56)36(22-28-8-3-1-4-9-28)48-43(57)37(49-44(58)38(46-40)25-34-12-7-21-60-34)24-29-13-17-32(18-14-29)31-10-5-2-6-11-31/h1-21,35-38H,22-27H2,(H,45,55)(H,46,54)(H,47,56)(H,48,57)(H,49,58)(H,50,51,52,53)/t35-,36-,37+,38-/m0/s1. The van der Waals surface area contributed by atoms with Crippen LogP contribution in [0.5, 0.6) is 5.75 Å². The van der Waals surface area contributed by atoms with Crippen molar-refractivity contribution in [2.45, 2.75) is 56.4 Å². The molecule has 0 saturated heterocycles. The van der Waals surface area contributed by atoms with Gasteiger partial charge in [0.2, 0.25) is 23.6 Å². The van der Waals surface area contributed by atoms with Gasteiger partial charge in [0.25, 0.3) is 5.91 Å². The number of carbonyl (C=O) groups excluding carboxylic acids is 5. The van der Waals surface area contributed by atoms with E-state index in [0.29, 0.717) is 17.1 Å². The predicted octanol–water partition coefficient (Wildman–Crippen LogP) is 2.85. The molecule has 5 amide bonds. The van der Waals surface area contributed by atoms with Gasteiger partial charge in [-0.2, -0.15) is 0 Å². The minimum Gasteiger partial charge on any atom is -0.484 e. The molecule has 306 valence electrons. The van der Waals surface area contributed by atoms with Crippen LogP contribution >= 0.6 is 11.3 Å². The number of carbonyl (C=O) groups is 5. The fourth-order valence-corrected chi connectivity index (χ4v) is 7.48. The number of nitrogens with zero attached hydrogens (tertiary/aromatic N) is 3. The molecule has 4 heterocycles. The molecule has 6 aromatic rings. The van der Waals surface area contributed by atoms with Crippen LogP contribution in [0.15, 0.2) is 127 Å². The highest BCUT2D eigenvalue weighted by Gasteiger charge is 2.32. The minimum absolute atomic E-state index is 0.0294. The smallest absolute Gasteiger partial charge is 0.258 e. The molecular weight excluding hydrogens is 783 g/mol. The van der Waals surface area contributed by atoms with Crippen molar-refractivity contribution in [3.8, 4) is 16.9 Å². The lowest BCUT2D eigenvalue weighted by atomic mass is 9.99. The van der Waals surface area contributed by atoms with E-state index in [9.17, 15) is 24.0 Å². The number of H-pyrrole nitrogens is 1. The zero-order valence-corrected chi connectivity index (χ0v) is 33.2. The molecule has 4 atom stereocenters. The summed E-state index contributed by atoms with van der Waals surface area (Å²) in [4.78, 5) is 71.0. The number of tetrazole rings is 1. The number of rotatable bonds is 10.